The summed E-state index contributed by atoms with van der Waals surface area (Å²) in [4.78, 5) is 36.3. The summed E-state index contributed by atoms with van der Waals surface area (Å²) >= 11 is 12.8. The molecule has 7 nitrogen and oxygen atoms in total. The Morgan fingerprint density at radius 3 is 2.63 bits per heavy atom. The number of hydrogen-bond donors (Lipinski definition) is 1. The van der Waals surface area contributed by atoms with E-state index in [0.717, 1.165) is 44.7 Å². The van der Waals surface area contributed by atoms with Gasteiger partial charge in [-0.1, -0.05) is 29.3 Å². The lowest BCUT2D eigenvalue weighted by molar-refractivity contribution is -0.122. The summed E-state index contributed by atoms with van der Waals surface area (Å²) in [6.07, 6.45) is 2.25. The Hall–Kier alpha value is -2.61. The van der Waals surface area contributed by atoms with Gasteiger partial charge in [0.05, 0.1) is 20.9 Å². The molecule has 3 aromatic rings. The van der Waals surface area contributed by atoms with Crippen molar-refractivity contribution in [3.63, 3.8) is 0 Å². The third-order valence-corrected chi connectivity index (χ3v) is 7.69. The molecular formula is C26H29Cl2N5O2. The molecular weight excluding hydrogens is 485 g/mol. The van der Waals surface area contributed by atoms with Crippen LogP contribution in [0.2, 0.25) is 10.0 Å². The van der Waals surface area contributed by atoms with Crippen LogP contribution in [0.4, 0.5) is 5.69 Å². The van der Waals surface area contributed by atoms with Crippen molar-refractivity contribution in [1.82, 2.24) is 19.8 Å². The molecule has 0 atom stereocenters. The summed E-state index contributed by atoms with van der Waals surface area (Å²) < 4.78 is 1.40. The Labute approximate surface area is 214 Å². The average Bonchev–Trinajstić information content (AvgIpc) is 3.16. The third-order valence-electron chi connectivity index (χ3n) is 6.87. The summed E-state index contributed by atoms with van der Waals surface area (Å²) in [5.74, 6) is 0.0558. The minimum atomic E-state index is -0.273. The fraction of sp³-hybridized carbons (Fsp3) is 0.423. The highest BCUT2D eigenvalue weighted by molar-refractivity contribution is 6.43. The van der Waals surface area contributed by atoms with E-state index in [1.807, 2.05) is 32.0 Å². The summed E-state index contributed by atoms with van der Waals surface area (Å²) in [7, 11) is 0. The first-order chi connectivity index (χ1) is 16.8. The Bertz CT molecular complexity index is 1330. The maximum absolute atomic E-state index is 13.8. The molecule has 184 valence electrons. The van der Waals surface area contributed by atoms with Crippen molar-refractivity contribution in [2.45, 2.75) is 45.3 Å². The maximum Gasteiger partial charge on any atom is 0.262 e. The fourth-order valence-corrected chi connectivity index (χ4v) is 5.54. The molecule has 9 heteroatoms. The van der Waals surface area contributed by atoms with Crippen LogP contribution in [0.1, 0.15) is 26.7 Å². The number of nitrogens with zero attached hydrogens (tertiary/aromatic N) is 4. The number of halogens is 2. The Morgan fingerprint density at radius 2 is 1.89 bits per heavy atom. The minimum Gasteiger partial charge on any atom is -0.367 e. The molecule has 1 amide bonds. The molecule has 35 heavy (non-hydrogen) atoms. The van der Waals surface area contributed by atoms with Crippen molar-refractivity contribution in [1.29, 1.82) is 0 Å². The van der Waals surface area contributed by atoms with Crippen LogP contribution in [-0.2, 0) is 11.3 Å². The highest BCUT2D eigenvalue weighted by Crippen LogP contribution is 2.33. The van der Waals surface area contributed by atoms with Gasteiger partial charge in [0.2, 0.25) is 5.91 Å². The second-order valence-corrected chi connectivity index (χ2v) is 10.4. The molecule has 0 radical (unpaired) electrons. The molecule has 2 bridgehead atoms. The Balaban J connectivity index is 1.64. The molecule has 1 N–H and O–H groups in total. The molecule has 1 aromatic heterocycles. The van der Waals surface area contributed by atoms with Crippen molar-refractivity contribution in [2.24, 2.45) is 0 Å². The standard InChI is InChI=1S/C26H29Cl2N5O2/c1-16(2)29-23(34)15-33-25(19-4-3-5-21(27)24(19)28)30-22-7-6-18(14-20(22)26(33)35)32-13-12-31-10-8-17(32)9-11-31/h3-7,14,16-17H,8-13,15H2,1-2H3,(H,29,34). The Kier molecular flexibility index (Phi) is 6.75. The molecule has 0 aliphatic carbocycles. The number of carbonyl (C=O) groups excluding carboxylic acids is 1. The zero-order chi connectivity index (χ0) is 24.7. The number of nitrogens with one attached hydrogen (secondary N) is 1. The van der Waals surface area contributed by atoms with E-state index in [2.05, 4.69) is 15.1 Å². The SMILES string of the molecule is CC(C)NC(=O)Cn1c(-c2cccc(Cl)c2Cl)nc2ccc(N3CCN4CCC3CC4)cc2c1=O. The second kappa shape index (κ2) is 9.80. The molecule has 6 rings (SSSR count). The van der Waals surface area contributed by atoms with E-state index in [1.54, 1.807) is 18.2 Å². The van der Waals surface area contributed by atoms with E-state index >= 15 is 0 Å². The molecule has 0 spiro atoms. The number of anilines is 1. The van der Waals surface area contributed by atoms with Gasteiger partial charge in [-0.05, 0) is 57.0 Å². The first-order valence-corrected chi connectivity index (χ1v) is 12.8. The van der Waals surface area contributed by atoms with Gasteiger partial charge in [-0.2, -0.15) is 0 Å². The van der Waals surface area contributed by atoms with Crippen LogP contribution in [0.5, 0.6) is 0 Å². The van der Waals surface area contributed by atoms with Gasteiger partial charge in [0, 0.05) is 49.5 Å². The molecule has 3 saturated heterocycles. The largest absolute Gasteiger partial charge is 0.367 e. The summed E-state index contributed by atoms with van der Waals surface area (Å²) in [5, 5.41) is 4.00. The molecule has 4 heterocycles. The van der Waals surface area contributed by atoms with Crippen molar-refractivity contribution >= 4 is 45.7 Å². The van der Waals surface area contributed by atoms with Gasteiger partial charge >= 0.3 is 0 Å². The van der Waals surface area contributed by atoms with Gasteiger partial charge in [-0.25, -0.2) is 4.98 Å². The van der Waals surface area contributed by atoms with Crippen LogP contribution in [0, 0.1) is 0 Å². The number of carbonyl (C=O) groups is 1. The van der Waals surface area contributed by atoms with E-state index in [4.69, 9.17) is 28.2 Å². The summed E-state index contributed by atoms with van der Waals surface area (Å²) in [6, 6.07) is 11.5. The number of piperidine rings is 1. The second-order valence-electron chi connectivity index (χ2n) is 9.62. The van der Waals surface area contributed by atoms with Crippen molar-refractivity contribution < 1.29 is 4.79 Å². The minimum absolute atomic E-state index is 0.0505. The molecule has 3 fully saturated rings. The topological polar surface area (TPSA) is 70.5 Å². The van der Waals surface area contributed by atoms with Gasteiger partial charge in [-0.15, -0.1) is 0 Å². The number of rotatable bonds is 5. The molecule has 0 saturated carbocycles. The normalized spacial score (nSPS) is 19.9. The first-order valence-electron chi connectivity index (χ1n) is 12.1. The van der Waals surface area contributed by atoms with Gasteiger partial charge < -0.3 is 15.1 Å². The van der Waals surface area contributed by atoms with Gasteiger partial charge in [0.1, 0.15) is 12.4 Å². The summed E-state index contributed by atoms with van der Waals surface area (Å²) in [5.41, 5.74) is 1.83. The number of fused-ring (bicyclic) bond motifs is 5. The lowest BCUT2D eigenvalue weighted by atomic mass is 10.0. The van der Waals surface area contributed by atoms with Gasteiger partial charge in [0.25, 0.3) is 5.56 Å². The van der Waals surface area contributed by atoms with Gasteiger partial charge in [-0.3, -0.25) is 14.2 Å². The highest BCUT2D eigenvalue weighted by Gasteiger charge is 2.29. The van der Waals surface area contributed by atoms with Crippen molar-refractivity contribution in [3.8, 4) is 11.4 Å². The van der Waals surface area contributed by atoms with Crippen LogP contribution in [-0.4, -0.2) is 58.6 Å². The predicted molar refractivity (Wildman–Crippen MR) is 142 cm³/mol. The smallest absolute Gasteiger partial charge is 0.262 e. The van der Waals surface area contributed by atoms with Crippen molar-refractivity contribution in [2.75, 3.05) is 31.1 Å². The number of amides is 1. The maximum atomic E-state index is 13.8. The van der Waals surface area contributed by atoms with Gasteiger partial charge in [0.15, 0.2) is 0 Å². The zero-order valence-electron chi connectivity index (χ0n) is 19.9. The van der Waals surface area contributed by atoms with Crippen LogP contribution >= 0.6 is 23.2 Å². The van der Waals surface area contributed by atoms with E-state index in [9.17, 15) is 9.59 Å². The van der Waals surface area contributed by atoms with Crippen molar-refractivity contribution in [3.05, 3.63) is 56.8 Å². The number of aromatic nitrogens is 2. The monoisotopic (exact) mass is 513 g/mol. The Morgan fingerprint density at radius 1 is 1.11 bits per heavy atom. The molecule has 0 unspecified atom stereocenters. The number of hydrogen-bond acceptors (Lipinski definition) is 5. The molecule has 2 aromatic carbocycles. The highest BCUT2D eigenvalue weighted by atomic mass is 35.5. The third kappa shape index (κ3) is 4.77. The van der Waals surface area contributed by atoms with E-state index in [1.165, 1.54) is 4.57 Å². The summed E-state index contributed by atoms with van der Waals surface area (Å²) in [6.45, 7) is 7.81. The molecule has 3 aliphatic rings. The quantitative estimate of drug-likeness (QED) is 0.554. The van der Waals surface area contributed by atoms with Crippen LogP contribution in [0.15, 0.2) is 41.2 Å². The first kappa shape index (κ1) is 24.1. The zero-order valence-corrected chi connectivity index (χ0v) is 21.4. The predicted octanol–water partition coefficient (Wildman–Crippen LogP) is 4.18. The van der Waals surface area contributed by atoms with Crippen LogP contribution < -0.4 is 15.8 Å². The lowest BCUT2D eigenvalue weighted by Gasteiger charge is -2.33. The van der Waals surface area contributed by atoms with E-state index in [-0.39, 0.29) is 24.1 Å². The van der Waals surface area contributed by atoms with Crippen LogP contribution in [0.3, 0.4) is 0 Å². The van der Waals surface area contributed by atoms with E-state index < -0.39 is 0 Å². The molecule has 3 aliphatic heterocycles. The van der Waals surface area contributed by atoms with Crippen LogP contribution in [0.25, 0.3) is 22.3 Å². The fourth-order valence-electron chi connectivity index (χ4n) is 5.15. The van der Waals surface area contributed by atoms with E-state index in [0.29, 0.717) is 38.4 Å². The average molecular weight is 514 g/mol. The lowest BCUT2D eigenvalue weighted by Crippen LogP contribution is -2.38. The number of benzene rings is 2.